The Morgan fingerprint density at radius 2 is 2.08 bits per heavy atom. The molecule has 0 aliphatic carbocycles. The Morgan fingerprint density at radius 3 is 2.67 bits per heavy atom. The molecule has 0 unspecified atom stereocenters. The largest absolute Gasteiger partial charge is 0.0654 e. The minimum absolute atomic E-state index is 1.11. The van der Waals surface area contributed by atoms with Crippen molar-refractivity contribution in [2.24, 2.45) is 0 Å². The van der Waals surface area contributed by atoms with Gasteiger partial charge in [-0.2, -0.15) is 0 Å². The molecule has 0 N–H and O–H groups in total. The van der Waals surface area contributed by atoms with Crippen LogP contribution in [0.5, 0.6) is 0 Å². The zero-order valence-electron chi connectivity index (χ0n) is 6.98. The minimum atomic E-state index is 1.11. The molecule has 2 heteroatoms. The molecular weight excluding hydrogens is 280 g/mol. The minimum Gasteiger partial charge on any atom is -0.0654 e. The molecule has 1 radical (unpaired) electrons. The summed E-state index contributed by atoms with van der Waals surface area (Å²) in [4.78, 5) is 0. The number of hydrogen-bond donors (Lipinski definition) is 0. The zero-order chi connectivity index (χ0) is 8.97. The molecule has 65 valence electrons. The summed E-state index contributed by atoms with van der Waals surface area (Å²) in [5, 5.41) is 0. The second kappa shape index (κ2) is 5.03. The van der Waals surface area contributed by atoms with Crippen molar-refractivity contribution in [3.05, 3.63) is 39.1 Å². The van der Waals surface area contributed by atoms with Gasteiger partial charge in [0.2, 0.25) is 0 Å². The van der Waals surface area contributed by atoms with Crippen LogP contribution in [0.15, 0.2) is 27.1 Å². The fraction of sp³-hybridized carbons (Fsp3) is 0.300. The van der Waals surface area contributed by atoms with Gasteiger partial charge in [0, 0.05) is 8.95 Å². The van der Waals surface area contributed by atoms with Crippen LogP contribution in [0.3, 0.4) is 0 Å². The summed E-state index contributed by atoms with van der Waals surface area (Å²) in [5.41, 5.74) is 1.28. The fourth-order valence-electron chi connectivity index (χ4n) is 0.967. The molecule has 0 atom stereocenters. The Kier molecular flexibility index (Phi) is 4.30. The van der Waals surface area contributed by atoms with Crippen LogP contribution in [0.1, 0.15) is 25.3 Å². The predicted octanol–water partition coefficient (Wildman–Crippen LogP) is 4.56. The van der Waals surface area contributed by atoms with E-state index in [1.54, 1.807) is 0 Å². The molecule has 0 aliphatic rings. The third-order valence-corrected chi connectivity index (χ3v) is 2.80. The van der Waals surface area contributed by atoms with Gasteiger partial charge in [0.15, 0.2) is 0 Å². The predicted molar refractivity (Wildman–Crippen MR) is 60.2 cm³/mol. The van der Waals surface area contributed by atoms with E-state index in [1.165, 1.54) is 12.0 Å². The van der Waals surface area contributed by atoms with Crippen molar-refractivity contribution in [1.29, 1.82) is 0 Å². The molecule has 12 heavy (non-hydrogen) atoms. The summed E-state index contributed by atoms with van der Waals surface area (Å²) in [6.45, 7) is 2.18. The molecule has 0 amide bonds. The molecular formula is C10H11Br2. The summed E-state index contributed by atoms with van der Waals surface area (Å²) in [7, 11) is 0. The van der Waals surface area contributed by atoms with Crippen molar-refractivity contribution in [2.45, 2.75) is 19.8 Å². The lowest BCUT2D eigenvalue weighted by atomic mass is 10.1. The van der Waals surface area contributed by atoms with E-state index in [0.717, 1.165) is 15.4 Å². The van der Waals surface area contributed by atoms with E-state index in [0.29, 0.717) is 0 Å². The number of unbranched alkanes of at least 4 members (excludes halogenated alkanes) is 1. The van der Waals surface area contributed by atoms with Crippen LogP contribution in [0.25, 0.3) is 0 Å². The maximum atomic E-state index is 3.52. The maximum absolute atomic E-state index is 3.52. The van der Waals surface area contributed by atoms with Crippen LogP contribution < -0.4 is 0 Å². The molecule has 0 heterocycles. The van der Waals surface area contributed by atoms with Crippen molar-refractivity contribution in [3.63, 3.8) is 0 Å². The van der Waals surface area contributed by atoms with Gasteiger partial charge in [-0.05, 0) is 30.5 Å². The second-order valence-corrected chi connectivity index (χ2v) is 4.43. The molecule has 0 saturated heterocycles. The van der Waals surface area contributed by atoms with Crippen LogP contribution in [0, 0.1) is 6.42 Å². The number of benzene rings is 1. The van der Waals surface area contributed by atoms with Crippen LogP contribution in [0.2, 0.25) is 0 Å². The van der Waals surface area contributed by atoms with E-state index in [4.69, 9.17) is 0 Å². The molecule has 0 aromatic heterocycles. The fourth-order valence-corrected chi connectivity index (χ4v) is 2.18. The van der Waals surface area contributed by atoms with Gasteiger partial charge >= 0.3 is 0 Å². The topological polar surface area (TPSA) is 0 Å². The van der Waals surface area contributed by atoms with E-state index in [9.17, 15) is 0 Å². The average Bonchev–Trinajstić information content (AvgIpc) is 2.03. The van der Waals surface area contributed by atoms with Gasteiger partial charge in [-0.3, -0.25) is 0 Å². The van der Waals surface area contributed by atoms with Crippen molar-refractivity contribution in [3.8, 4) is 0 Å². The third kappa shape index (κ3) is 2.91. The molecule has 0 saturated carbocycles. The van der Waals surface area contributed by atoms with Gasteiger partial charge in [0.25, 0.3) is 0 Å². The third-order valence-electron chi connectivity index (χ3n) is 1.62. The lowest BCUT2D eigenvalue weighted by Gasteiger charge is -2.02. The highest BCUT2D eigenvalue weighted by atomic mass is 79.9. The first-order valence-corrected chi connectivity index (χ1v) is 5.61. The van der Waals surface area contributed by atoms with Crippen LogP contribution in [-0.2, 0) is 0 Å². The van der Waals surface area contributed by atoms with E-state index < -0.39 is 0 Å². The molecule has 0 aliphatic heterocycles. The Balaban J connectivity index is 2.72. The van der Waals surface area contributed by atoms with Gasteiger partial charge in [-0.25, -0.2) is 0 Å². The molecule has 0 fully saturated rings. The van der Waals surface area contributed by atoms with E-state index in [2.05, 4.69) is 63.4 Å². The van der Waals surface area contributed by atoms with Crippen molar-refractivity contribution in [2.75, 3.05) is 0 Å². The maximum Gasteiger partial charge on any atom is 0.0221 e. The van der Waals surface area contributed by atoms with Gasteiger partial charge in [0.05, 0.1) is 0 Å². The second-order valence-electron chi connectivity index (χ2n) is 2.66. The standard InChI is InChI=1S/C10H11Br2/c1-2-3-4-8-5-6-9(11)7-10(8)12/h4-7H,2-3H2,1H3. The Labute approximate surface area is 90.6 Å². The summed E-state index contributed by atoms with van der Waals surface area (Å²) >= 11 is 6.94. The highest BCUT2D eigenvalue weighted by Crippen LogP contribution is 2.24. The average molecular weight is 291 g/mol. The molecule has 1 aromatic rings. The van der Waals surface area contributed by atoms with E-state index >= 15 is 0 Å². The summed E-state index contributed by atoms with van der Waals surface area (Å²) in [6.07, 6.45) is 4.58. The SMILES string of the molecule is CCC[CH]c1ccc(Br)cc1Br. The Morgan fingerprint density at radius 1 is 1.33 bits per heavy atom. The number of rotatable bonds is 3. The van der Waals surface area contributed by atoms with E-state index in [-0.39, 0.29) is 0 Å². The van der Waals surface area contributed by atoms with E-state index in [1.807, 2.05) is 0 Å². The van der Waals surface area contributed by atoms with Crippen molar-refractivity contribution >= 4 is 31.9 Å². The lowest BCUT2D eigenvalue weighted by Crippen LogP contribution is -1.83. The Hall–Kier alpha value is 0.180. The molecule has 0 spiro atoms. The highest BCUT2D eigenvalue weighted by Gasteiger charge is 1.99. The quantitative estimate of drug-likeness (QED) is 0.765. The monoisotopic (exact) mass is 289 g/mol. The zero-order valence-corrected chi connectivity index (χ0v) is 10.2. The van der Waals surface area contributed by atoms with Crippen LogP contribution >= 0.6 is 31.9 Å². The summed E-state index contributed by atoms with van der Waals surface area (Å²) in [5.74, 6) is 0. The van der Waals surface area contributed by atoms with Crippen LogP contribution in [0.4, 0.5) is 0 Å². The molecule has 0 bridgehead atoms. The first-order valence-electron chi connectivity index (χ1n) is 4.02. The lowest BCUT2D eigenvalue weighted by molar-refractivity contribution is 0.912. The van der Waals surface area contributed by atoms with Gasteiger partial charge in [-0.15, -0.1) is 0 Å². The number of halogens is 2. The van der Waals surface area contributed by atoms with Crippen molar-refractivity contribution < 1.29 is 0 Å². The smallest absolute Gasteiger partial charge is 0.0221 e. The van der Waals surface area contributed by atoms with Gasteiger partial charge < -0.3 is 0 Å². The van der Waals surface area contributed by atoms with Crippen LogP contribution in [-0.4, -0.2) is 0 Å². The first kappa shape index (κ1) is 10.3. The normalized spacial score (nSPS) is 10.2. The van der Waals surface area contributed by atoms with Crippen molar-refractivity contribution in [1.82, 2.24) is 0 Å². The molecule has 1 rings (SSSR count). The number of hydrogen-bond acceptors (Lipinski definition) is 0. The van der Waals surface area contributed by atoms with Gasteiger partial charge in [0.1, 0.15) is 0 Å². The summed E-state index contributed by atoms with van der Waals surface area (Å²) < 4.78 is 2.27. The Bertz CT molecular complexity index is 256. The molecule has 1 aromatic carbocycles. The molecule has 0 nitrogen and oxygen atoms in total. The summed E-state index contributed by atoms with van der Waals surface area (Å²) in [6, 6.07) is 6.25. The van der Waals surface area contributed by atoms with Gasteiger partial charge in [-0.1, -0.05) is 51.3 Å². The highest BCUT2D eigenvalue weighted by molar-refractivity contribution is 9.11. The first-order chi connectivity index (χ1) is 5.74.